The second kappa shape index (κ2) is 9.45. The van der Waals surface area contributed by atoms with Crippen LogP contribution in [0.15, 0.2) is 6.33 Å². The van der Waals surface area contributed by atoms with Gasteiger partial charge in [0, 0.05) is 31.3 Å². The number of rotatable bonds is 8. The van der Waals surface area contributed by atoms with Gasteiger partial charge in [-0.25, -0.2) is 18.2 Å². The van der Waals surface area contributed by atoms with Crippen LogP contribution < -0.4 is 0 Å². The Kier molecular flexibility index (Phi) is 7.32. The fourth-order valence-electron chi connectivity index (χ4n) is 3.50. The molecule has 2 aliphatic carbocycles. The molecule has 2 saturated carbocycles. The van der Waals surface area contributed by atoms with E-state index in [0.717, 1.165) is 30.7 Å². The van der Waals surface area contributed by atoms with Crippen LogP contribution in [0.2, 0.25) is 0 Å². The van der Waals surface area contributed by atoms with E-state index in [1.807, 2.05) is 6.33 Å². The number of carboxylic acids is 1. The predicted octanol–water partition coefficient (Wildman–Crippen LogP) is 2.60. The minimum Gasteiger partial charge on any atom is -0.475 e. The van der Waals surface area contributed by atoms with Crippen molar-refractivity contribution in [2.45, 2.75) is 57.8 Å². The number of carbonyl (C=O) groups is 1. The highest BCUT2D eigenvalue weighted by molar-refractivity contribution is 7.89. The van der Waals surface area contributed by atoms with E-state index in [2.05, 4.69) is 9.55 Å². The van der Waals surface area contributed by atoms with Gasteiger partial charge in [-0.15, -0.1) is 0 Å². The average molecular weight is 468 g/mol. The van der Waals surface area contributed by atoms with Gasteiger partial charge in [0.05, 0.1) is 30.9 Å². The van der Waals surface area contributed by atoms with Crippen molar-refractivity contribution in [1.29, 1.82) is 0 Å². The maximum atomic E-state index is 12.3. The molecule has 0 radical (unpaired) electrons. The van der Waals surface area contributed by atoms with Crippen LogP contribution in [0, 0.1) is 11.8 Å². The second-order valence-corrected chi connectivity index (χ2v) is 10.6. The van der Waals surface area contributed by atoms with Crippen LogP contribution in [0.25, 0.3) is 0 Å². The van der Waals surface area contributed by atoms with E-state index in [-0.39, 0.29) is 11.7 Å². The van der Waals surface area contributed by atoms with Crippen LogP contribution in [-0.2, 0) is 32.6 Å². The zero-order valence-corrected chi connectivity index (χ0v) is 18.2. The molecule has 2 fully saturated rings. The van der Waals surface area contributed by atoms with Gasteiger partial charge in [-0.1, -0.05) is 0 Å². The lowest BCUT2D eigenvalue weighted by atomic mass is 10.0. The van der Waals surface area contributed by atoms with Crippen molar-refractivity contribution in [1.82, 2.24) is 13.9 Å². The van der Waals surface area contributed by atoms with Crippen molar-refractivity contribution in [2.24, 2.45) is 11.8 Å². The number of nitrogens with zero attached hydrogens (tertiary/aromatic N) is 3. The number of carboxylic acid groups (broad SMARTS) is 1. The Labute approximate surface area is 179 Å². The van der Waals surface area contributed by atoms with E-state index in [1.165, 1.54) is 31.4 Å². The molecule has 176 valence electrons. The van der Waals surface area contributed by atoms with E-state index in [9.17, 15) is 21.6 Å². The number of halogens is 3. The SMILES string of the molecule is CCS(=O)(=O)N1Cc2ncn(CC3CC3)c2C(COCC2CC2)C1.O=C(O)C(F)(F)F. The minimum absolute atomic E-state index is 0.0927. The fourth-order valence-corrected chi connectivity index (χ4v) is 4.59. The van der Waals surface area contributed by atoms with Crippen molar-refractivity contribution in [2.75, 3.05) is 25.5 Å². The number of ether oxygens (including phenoxy) is 1. The summed E-state index contributed by atoms with van der Waals surface area (Å²) in [4.78, 5) is 13.4. The van der Waals surface area contributed by atoms with Gasteiger partial charge in [-0.3, -0.25) is 0 Å². The quantitative estimate of drug-likeness (QED) is 0.631. The molecule has 1 unspecified atom stereocenters. The summed E-state index contributed by atoms with van der Waals surface area (Å²) in [5.41, 5.74) is 2.12. The molecule has 3 aliphatic rings. The standard InChI is InChI=1S/C17H27N3O3S.C2HF3O2/c1-2-24(21,22)20-8-15(11-23-10-14-5-6-14)17-16(9-20)18-12-19(17)7-13-3-4-13;3-2(4,5)1(6)7/h12-15H,2-11H2,1H3;(H,6,7). The van der Waals surface area contributed by atoms with Gasteiger partial charge in [0.25, 0.3) is 0 Å². The first-order valence-corrected chi connectivity index (χ1v) is 12.0. The van der Waals surface area contributed by atoms with Gasteiger partial charge in [-0.2, -0.15) is 17.5 Å². The summed E-state index contributed by atoms with van der Waals surface area (Å²) in [6, 6.07) is 0. The van der Waals surface area contributed by atoms with Crippen molar-refractivity contribution >= 4 is 16.0 Å². The van der Waals surface area contributed by atoms with E-state index < -0.39 is 22.2 Å². The van der Waals surface area contributed by atoms with E-state index >= 15 is 0 Å². The molecule has 0 bridgehead atoms. The summed E-state index contributed by atoms with van der Waals surface area (Å²) >= 11 is 0. The first kappa shape index (κ1) is 24.0. The number of imidazole rings is 1. The number of aromatic nitrogens is 2. The highest BCUT2D eigenvalue weighted by Gasteiger charge is 2.38. The molecule has 1 aliphatic heterocycles. The summed E-state index contributed by atoms with van der Waals surface area (Å²) in [5, 5.41) is 7.12. The number of aliphatic carboxylic acids is 1. The summed E-state index contributed by atoms with van der Waals surface area (Å²) in [7, 11) is -3.20. The van der Waals surface area contributed by atoms with Crippen LogP contribution in [0.4, 0.5) is 13.2 Å². The minimum atomic E-state index is -5.08. The van der Waals surface area contributed by atoms with Crippen LogP contribution in [0.1, 0.15) is 49.9 Å². The van der Waals surface area contributed by atoms with E-state index in [0.29, 0.717) is 19.7 Å². The number of hydrogen-bond acceptors (Lipinski definition) is 5. The number of alkyl halides is 3. The third-order valence-corrected chi connectivity index (χ3v) is 7.41. The average Bonchev–Trinajstić information content (AvgIpc) is 3.61. The smallest absolute Gasteiger partial charge is 0.475 e. The zero-order valence-electron chi connectivity index (χ0n) is 17.3. The molecule has 0 spiro atoms. The van der Waals surface area contributed by atoms with Crippen molar-refractivity contribution in [3.63, 3.8) is 0 Å². The Balaban J connectivity index is 0.000000339. The number of fused-ring (bicyclic) bond motifs is 1. The Hall–Kier alpha value is -1.66. The third-order valence-electron chi connectivity index (χ3n) is 5.62. The Bertz CT molecular complexity index is 879. The molecule has 1 N–H and O–H groups in total. The lowest BCUT2D eigenvalue weighted by molar-refractivity contribution is -0.192. The summed E-state index contributed by atoms with van der Waals surface area (Å²) in [5.74, 6) is -1.03. The van der Waals surface area contributed by atoms with Crippen LogP contribution in [0.5, 0.6) is 0 Å². The molecule has 0 saturated heterocycles. The van der Waals surface area contributed by atoms with Crippen molar-refractivity contribution in [3.05, 3.63) is 17.7 Å². The fraction of sp³-hybridized carbons (Fsp3) is 0.789. The summed E-state index contributed by atoms with van der Waals surface area (Å²) < 4.78 is 66.2. The molecule has 8 nitrogen and oxygen atoms in total. The van der Waals surface area contributed by atoms with Crippen LogP contribution >= 0.6 is 0 Å². The summed E-state index contributed by atoms with van der Waals surface area (Å²) in [6.45, 7) is 5.04. The van der Waals surface area contributed by atoms with Crippen molar-refractivity contribution < 1.29 is 36.2 Å². The lowest BCUT2D eigenvalue weighted by Crippen LogP contribution is -2.41. The van der Waals surface area contributed by atoms with Gasteiger partial charge < -0.3 is 14.4 Å². The molecule has 1 aromatic heterocycles. The number of sulfonamides is 1. The molecule has 12 heteroatoms. The molecule has 1 aromatic rings. The molecule has 1 atom stereocenters. The van der Waals surface area contributed by atoms with Gasteiger partial charge >= 0.3 is 12.1 Å². The molecule has 31 heavy (non-hydrogen) atoms. The Morgan fingerprint density at radius 3 is 2.35 bits per heavy atom. The van der Waals surface area contributed by atoms with Gasteiger partial charge in [0.15, 0.2) is 0 Å². The highest BCUT2D eigenvalue weighted by Crippen LogP contribution is 2.35. The van der Waals surface area contributed by atoms with E-state index in [1.54, 1.807) is 11.2 Å². The first-order chi connectivity index (χ1) is 14.5. The molecule has 0 aromatic carbocycles. The second-order valence-electron chi connectivity index (χ2n) is 8.35. The Morgan fingerprint density at radius 1 is 1.23 bits per heavy atom. The van der Waals surface area contributed by atoms with Gasteiger partial charge in [0.1, 0.15) is 0 Å². The Morgan fingerprint density at radius 2 is 1.84 bits per heavy atom. The van der Waals surface area contributed by atoms with Crippen molar-refractivity contribution in [3.8, 4) is 0 Å². The molecular formula is C19H28F3N3O5S. The maximum absolute atomic E-state index is 12.3. The largest absolute Gasteiger partial charge is 0.490 e. The lowest BCUT2D eigenvalue weighted by Gasteiger charge is -2.32. The van der Waals surface area contributed by atoms with Gasteiger partial charge in [-0.05, 0) is 44.4 Å². The molecule has 0 amide bonds. The first-order valence-electron chi connectivity index (χ1n) is 10.4. The molecule has 4 rings (SSSR count). The van der Waals surface area contributed by atoms with Gasteiger partial charge in [0.2, 0.25) is 10.0 Å². The van der Waals surface area contributed by atoms with Crippen LogP contribution in [0.3, 0.4) is 0 Å². The maximum Gasteiger partial charge on any atom is 0.490 e. The monoisotopic (exact) mass is 467 g/mol. The van der Waals surface area contributed by atoms with Crippen LogP contribution in [-0.4, -0.2) is 65.0 Å². The van der Waals surface area contributed by atoms with E-state index in [4.69, 9.17) is 14.6 Å². The molecule has 2 heterocycles. The predicted molar refractivity (Wildman–Crippen MR) is 105 cm³/mol. The molecular weight excluding hydrogens is 439 g/mol. The zero-order chi connectivity index (χ0) is 22.8. The number of hydrogen-bond donors (Lipinski definition) is 1. The topological polar surface area (TPSA) is 102 Å². The highest BCUT2D eigenvalue weighted by atomic mass is 32.2. The normalized spacial score (nSPS) is 21.9. The third kappa shape index (κ3) is 6.66. The summed E-state index contributed by atoms with van der Waals surface area (Å²) in [6.07, 6.45) is 1.95.